The van der Waals surface area contributed by atoms with Gasteiger partial charge in [-0.1, -0.05) is 45.3 Å². The number of hydrogen-bond acceptors (Lipinski definition) is 4. The van der Waals surface area contributed by atoms with Crippen molar-refractivity contribution in [3.8, 4) is 0 Å². The zero-order chi connectivity index (χ0) is 26.4. The topological polar surface area (TPSA) is 0 Å². The van der Waals surface area contributed by atoms with E-state index < -0.39 is 30.8 Å². The molecule has 0 nitrogen and oxygen atoms in total. The van der Waals surface area contributed by atoms with E-state index in [0.717, 1.165) is 22.7 Å². The number of benzene rings is 4. The molecule has 0 N–H and O–H groups in total. The van der Waals surface area contributed by atoms with E-state index in [-0.39, 0.29) is 32.3 Å². The molecule has 12 heteroatoms. The summed E-state index contributed by atoms with van der Waals surface area (Å²) in [4.78, 5) is 0. The van der Waals surface area contributed by atoms with Crippen LogP contribution in [-0.4, -0.2) is 0 Å². The van der Waals surface area contributed by atoms with Crippen molar-refractivity contribution < 1.29 is 26.3 Å². The lowest BCUT2D eigenvalue weighted by molar-refractivity contribution is 0.656. The van der Waals surface area contributed by atoms with Crippen LogP contribution in [0.1, 0.15) is 0 Å². The maximum Gasteiger partial charge on any atom is 0.187 e. The number of fused-ring (bicyclic) bond motifs is 13. The van der Waals surface area contributed by atoms with Crippen molar-refractivity contribution in [3.63, 3.8) is 0 Å². The zero-order valence-corrected chi connectivity index (χ0v) is 25.5. The number of halogens is 8. The van der Waals surface area contributed by atoms with E-state index in [0.29, 0.717) is 71.5 Å². The molecule has 4 aromatic carbocycles. The third-order valence-electron chi connectivity index (χ3n) is 6.98. The van der Waals surface area contributed by atoms with Gasteiger partial charge in [0.05, 0.1) is 5.77 Å². The molecule has 4 aromatic heterocycles. The fourth-order valence-corrected chi connectivity index (χ4v) is 10.9. The molecule has 0 atom stereocenters. The maximum absolute atomic E-state index is 15.1. The first-order chi connectivity index (χ1) is 18.2. The van der Waals surface area contributed by atoms with Crippen LogP contribution in [0.4, 0.5) is 26.3 Å². The summed E-state index contributed by atoms with van der Waals surface area (Å²) >= 11 is 6.39. The second-order valence-corrected chi connectivity index (χ2v) is 16.1. The Morgan fingerprint density at radius 3 is 1.00 bits per heavy atom. The number of thiophene rings is 4. The van der Waals surface area contributed by atoms with Crippen molar-refractivity contribution in [2.45, 2.75) is 0 Å². The van der Waals surface area contributed by atoms with Crippen LogP contribution < -0.4 is 0 Å². The molecule has 0 saturated heterocycles. The predicted octanol–water partition coefficient (Wildman–Crippen LogP) is 12.0. The standard InChI is InChI=1S/C26H4F6I2S4/c27-19-11-7-1-5-2-8-10(14-18(24(32)38-26(14)34)16-12(8)20(28)36-22(16)30)4-6(5)3-9(7)13-17(15(11)21(29)35-19)23(31)37-25(13)33/h1-4H. The van der Waals surface area contributed by atoms with E-state index in [4.69, 9.17) is 0 Å². The molecular formula is C26H4F6I2S4. The molecular weight excluding hydrogens is 808 g/mol. The van der Waals surface area contributed by atoms with Crippen LogP contribution >= 0.6 is 90.5 Å². The van der Waals surface area contributed by atoms with Crippen molar-refractivity contribution in [3.05, 3.63) is 60.8 Å². The molecule has 0 spiro atoms. The molecule has 0 saturated carbocycles. The van der Waals surface area contributed by atoms with Crippen LogP contribution in [0.15, 0.2) is 24.3 Å². The molecule has 0 aliphatic heterocycles. The van der Waals surface area contributed by atoms with E-state index in [1.54, 1.807) is 24.3 Å². The van der Waals surface area contributed by atoms with Crippen molar-refractivity contribution in [1.82, 2.24) is 0 Å². The van der Waals surface area contributed by atoms with Crippen molar-refractivity contribution in [2.24, 2.45) is 0 Å². The van der Waals surface area contributed by atoms with E-state index >= 15 is 17.6 Å². The zero-order valence-electron chi connectivity index (χ0n) is 18.0. The van der Waals surface area contributed by atoms with Gasteiger partial charge in [-0.15, -0.1) is 0 Å². The van der Waals surface area contributed by atoms with Gasteiger partial charge in [-0.25, -0.2) is 0 Å². The smallest absolute Gasteiger partial charge is 0.187 e. The monoisotopic (exact) mass is 812 g/mol. The molecule has 8 aromatic rings. The highest BCUT2D eigenvalue weighted by molar-refractivity contribution is 14.1. The molecule has 188 valence electrons. The second kappa shape index (κ2) is 8.06. The summed E-state index contributed by atoms with van der Waals surface area (Å²) in [5.41, 5.74) is 0. The van der Waals surface area contributed by atoms with E-state index in [2.05, 4.69) is 0 Å². The van der Waals surface area contributed by atoms with Gasteiger partial charge in [0.15, 0.2) is 30.8 Å². The third-order valence-corrected chi connectivity index (χ3v) is 12.4. The van der Waals surface area contributed by atoms with Gasteiger partial charge in [-0.2, -0.15) is 26.3 Å². The molecule has 38 heavy (non-hydrogen) atoms. The predicted molar refractivity (Wildman–Crippen MR) is 166 cm³/mol. The van der Waals surface area contributed by atoms with Crippen molar-refractivity contribution in [1.29, 1.82) is 0 Å². The lowest BCUT2D eigenvalue weighted by atomic mass is 9.92. The molecule has 0 amide bonds. The number of rotatable bonds is 0. The SMILES string of the molecule is Fc1sc(F)c2c1c1cc3cc4c(cc3cc1c1c(I)sc(F)c12)c1c(I)sc(F)c1c1c(F)sc(F)c41. The minimum absolute atomic E-state index is 0.00657. The molecule has 0 radical (unpaired) electrons. The van der Waals surface area contributed by atoms with Gasteiger partial charge in [0, 0.05) is 43.1 Å². The molecule has 0 aliphatic rings. The van der Waals surface area contributed by atoms with Crippen LogP contribution in [0.3, 0.4) is 0 Å². The molecule has 8 rings (SSSR count). The summed E-state index contributed by atoms with van der Waals surface area (Å²) in [6.45, 7) is 0. The quantitative estimate of drug-likeness (QED) is 0.0813. The Morgan fingerprint density at radius 1 is 0.368 bits per heavy atom. The highest BCUT2D eigenvalue weighted by atomic mass is 127. The summed E-state index contributed by atoms with van der Waals surface area (Å²) in [6, 6.07) is 6.93. The van der Waals surface area contributed by atoms with Crippen LogP contribution in [0.25, 0.3) is 75.4 Å². The first-order valence-electron chi connectivity index (χ1n) is 10.7. The Labute approximate surface area is 250 Å². The Hall–Kier alpha value is -1.46. The highest BCUT2D eigenvalue weighted by Crippen LogP contribution is 2.49. The normalized spacial score (nSPS) is 12.7. The van der Waals surface area contributed by atoms with Gasteiger partial charge >= 0.3 is 0 Å². The van der Waals surface area contributed by atoms with Crippen LogP contribution in [0, 0.1) is 36.6 Å². The van der Waals surface area contributed by atoms with Crippen molar-refractivity contribution in [2.75, 3.05) is 0 Å². The van der Waals surface area contributed by atoms with Crippen LogP contribution in [-0.2, 0) is 0 Å². The fourth-order valence-electron chi connectivity index (χ4n) is 5.54. The van der Waals surface area contributed by atoms with Crippen LogP contribution in [0.2, 0.25) is 0 Å². The van der Waals surface area contributed by atoms with Gasteiger partial charge in [-0.3, -0.25) is 0 Å². The third kappa shape index (κ3) is 2.96. The van der Waals surface area contributed by atoms with Gasteiger partial charge in [0.2, 0.25) is 0 Å². The summed E-state index contributed by atoms with van der Waals surface area (Å²) in [6.07, 6.45) is 0. The van der Waals surface area contributed by atoms with Gasteiger partial charge in [-0.05, 0) is 102 Å². The van der Waals surface area contributed by atoms with Gasteiger partial charge in [0.1, 0.15) is 0 Å². The first kappa shape index (κ1) is 24.3. The average Bonchev–Trinajstić information content (AvgIpc) is 3.53. The summed E-state index contributed by atoms with van der Waals surface area (Å²) < 4.78 is 91.2. The van der Waals surface area contributed by atoms with E-state index in [1.165, 1.54) is 0 Å². The van der Waals surface area contributed by atoms with Crippen LogP contribution in [0.5, 0.6) is 0 Å². The van der Waals surface area contributed by atoms with Gasteiger partial charge in [0.25, 0.3) is 0 Å². The number of hydrogen-bond donors (Lipinski definition) is 0. The Morgan fingerprint density at radius 2 is 0.632 bits per heavy atom. The lowest BCUT2D eigenvalue weighted by Gasteiger charge is -2.11. The second-order valence-electron chi connectivity index (χ2n) is 8.74. The maximum atomic E-state index is 15.1. The summed E-state index contributed by atoms with van der Waals surface area (Å²) in [7, 11) is 0. The summed E-state index contributed by atoms with van der Waals surface area (Å²) in [5, 5.41) is -0.244. The van der Waals surface area contributed by atoms with Gasteiger partial charge < -0.3 is 0 Å². The molecule has 4 heterocycles. The molecule has 0 fully saturated rings. The van der Waals surface area contributed by atoms with E-state index in [9.17, 15) is 8.78 Å². The molecule has 0 bridgehead atoms. The molecule has 0 unspecified atom stereocenters. The first-order valence-corrected chi connectivity index (χ1v) is 16.1. The minimum Gasteiger partial charge on any atom is -0.194 e. The minimum atomic E-state index is -0.801. The largest absolute Gasteiger partial charge is 0.194 e. The highest BCUT2D eigenvalue weighted by Gasteiger charge is 2.27. The van der Waals surface area contributed by atoms with Crippen molar-refractivity contribution >= 4 is 166 Å². The summed E-state index contributed by atoms with van der Waals surface area (Å²) in [5.74, 6) is 0. The Kier molecular flexibility index (Phi) is 5.16. The average molecular weight is 812 g/mol. The molecule has 0 aliphatic carbocycles. The lowest BCUT2D eigenvalue weighted by Crippen LogP contribution is -1.87. The Balaban J connectivity index is 1.67. The fraction of sp³-hybridized carbons (Fsp3) is 0. The van der Waals surface area contributed by atoms with E-state index in [1.807, 2.05) is 45.2 Å². The Bertz CT molecular complexity index is 2070.